The van der Waals surface area contributed by atoms with Gasteiger partial charge < -0.3 is 10.4 Å². The van der Waals surface area contributed by atoms with Crippen molar-refractivity contribution in [1.82, 2.24) is 5.32 Å². The van der Waals surface area contributed by atoms with Gasteiger partial charge in [-0.25, -0.2) is 0 Å². The van der Waals surface area contributed by atoms with Crippen molar-refractivity contribution in [3.8, 4) is 0 Å². The first-order valence-electron chi connectivity index (χ1n) is 5.28. The fourth-order valence-electron chi connectivity index (χ4n) is 2.64. The number of nitrogens with one attached hydrogen (secondary N) is 1. The summed E-state index contributed by atoms with van der Waals surface area (Å²) in [4.78, 5) is 0. The summed E-state index contributed by atoms with van der Waals surface area (Å²) in [6.45, 7) is 0.821. The van der Waals surface area contributed by atoms with Crippen LogP contribution in [0.4, 0.5) is 0 Å². The summed E-state index contributed by atoms with van der Waals surface area (Å²) in [5, 5.41) is 12.8. The summed E-state index contributed by atoms with van der Waals surface area (Å²) in [6.07, 6.45) is 7.90. The Morgan fingerprint density at radius 3 is 2.42 bits per heavy atom. The lowest BCUT2D eigenvalue weighted by Gasteiger charge is -2.27. The van der Waals surface area contributed by atoms with Crippen LogP contribution in [-0.2, 0) is 0 Å². The zero-order chi connectivity index (χ0) is 8.39. The van der Waals surface area contributed by atoms with E-state index in [1.165, 1.54) is 32.1 Å². The van der Waals surface area contributed by atoms with Gasteiger partial charge in [-0.15, -0.1) is 0 Å². The molecule has 2 heteroatoms. The molecule has 2 aliphatic rings. The van der Waals surface area contributed by atoms with Crippen LogP contribution in [0.1, 0.15) is 38.5 Å². The molecule has 1 saturated heterocycles. The first-order chi connectivity index (χ1) is 5.86. The minimum Gasteiger partial charge on any atom is -0.392 e. The van der Waals surface area contributed by atoms with Gasteiger partial charge in [-0.05, 0) is 25.2 Å². The summed E-state index contributed by atoms with van der Waals surface area (Å²) in [6, 6.07) is 0.625. The average molecular weight is 169 g/mol. The van der Waals surface area contributed by atoms with E-state index in [9.17, 15) is 5.11 Å². The smallest absolute Gasteiger partial charge is 0.0679 e. The van der Waals surface area contributed by atoms with E-state index in [-0.39, 0.29) is 6.10 Å². The second-order valence-corrected chi connectivity index (χ2v) is 4.30. The van der Waals surface area contributed by atoms with Gasteiger partial charge in [0.15, 0.2) is 0 Å². The molecule has 0 aromatic rings. The summed E-state index contributed by atoms with van der Waals surface area (Å²) in [5.74, 6) is 0.857. The van der Waals surface area contributed by atoms with E-state index in [1.54, 1.807) is 0 Å². The lowest BCUT2D eigenvalue weighted by Crippen LogP contribution is -2.31. The van der Waals surface area contributed by atoms with E-state index < -0.39 is 0 Å². The highest BCUT2D eigenvalue weighted by Gasteiger charge is 2.29. The summed E-state index contributed by atoms with van der Waals surface area (Å²) >= 11 is 0. The number of aliphatic hydroxyl groups is 1. The molecule has 1 saturated carbocycles. The van der Waals surface area contributed by atoms with E-state index in [2.05, 4.69) is 5.32 Å². The maximum atomic E-state index is 9.37. The van der Waals surface area contributed by atoms with Crippen LogP contribution in [0.25, 0.3) is 0 Å². The molecule has 0 bridgehead atoms. The third kappa shape index (κ3) is 1.80. The fourth-order valence-corrected chi connectivity index (χ4v) is 2.64. The standard InChI is InChI=1S/C10H19NO/c12-9-6-10(11-7-9)8-4-2-1-3-5-8/h8-12H,1-7H2/t9-,10+/m1/s1. The maximum Gasteiger partial charge on any atom is 0.0679 e. The van der Waals surface area contributed by atoms with Gasteiger partial charge in [-0.1, -0.05) is 19.3 Å². The van der Waals surface area contributed by atoms with Crippen molar-refractivity contribution in [2.45, 2.75) is 50.7 Å². The lowest BCUT2D eigenvalue weighted by atomic mass is 9.83. The summed E-state index contributed by atoms with van der Waals surface area (Å²) < 4.78 is 0. The lowest BCUT2D eigenvalue weighted by molar-refractivity contribution is 0.185. The molecule has 0 aromatic carbocycles. The Balaban J connectivity index is 1.83. The van der Waals surface area contributed by atoms with Crippen molar-refractivity contribution in [2.24, 2.45) is 5.92 Å². The molecular formula is C10H19NO. The molecule has 2 N–H and O–H groups in total. The first kappa shape index (κ1) is 8.52. The molecule has 2 atom stereocenters. The third-order valence-corrected chi connectivity index (χ3v) is 3.36. The van der Waals surface area contributed by atoms with Crippen LogP contribution >= 0.6 is 0 Å². The molecular weight excluding hydrogens is 150 g/mol. The van der Waals surface area contributed by atoms with Crippen molar-refractivity contribution >= 4 is 0 Å². The molecule has 2 rings (SSSR count). The van der Waals surface area contributed by atoms with Crippen molar-refractivity contribution in [3.63, 3.8) is 0 Å². The average Bonchev–Trinajstić information content (AvgIpc) is 2.54. The molecule has 0 amide bonds. The number of aliphatic hydroxyl groups excluding tert-OH is 1. The van der Waals surface area contributed by atoms with E-state index in [4.69, 9.17) is 0 Å². The third-order valence-electron chi connectivity index (χ3n) is 3.36. The topological polar surface area (TPSA) is 32.3 Å². The Labute approximate surface area is 74.4 Å². The molecule has 70 valence electrons. The van der Waals surface area contributed by atoms with Gasteiger partial charge in [-0.2, -0.15) is 0 Å². The van der Waals surface area contributed by atoms with Crippen molar-refractivity contribution in [3.05, 3.63) is 0 Å². The molecule has 2 nitrogen and oxygen atoms in total. The van der Waals surface area contributed by atoms with Gasteiger partial charge in [0.05, 0.1) is 6.10 Å². The Bertz CT molecular complexity index is 140. The SMILES string of the molecule is O[C@H]1CN[C@H](C2CCCCC2)C1. The minimum atomic E-state index is -0.0723. The Morgan fingerprint density at radius 1 is 1.08 bits per heavy atom. The van der Waals surface area contributed by atoms with E-state index in [1.807, 2.05) is 0 Å². The first-order valence-corrected chi connectivity index (χ1v) is 5.28. The Hall–Kier alpha value is -0.0800. The quantitative estimate of drug-likeness (QED) is 0.620. The number of hydrogen-bond donors (Lipinski definition) is 2. The maximum absolute atomic E-state index is 9.37. The van der Waals surface area contributed by atoms with E-state index >= 15 is 0 Å². The second-order valence-electron chi connectivity index (χ2n) is 4.30. The van der Waals surface area contributed by atoms with Gasteiger partial charge in [0.2, 0.25) is 0 Å². The molecule has 0 aromatic heterocycles. The van der Waals surface area contributed by atoms with Gasteiger partial charge in [0.25, 0.3) is 0 Å². The van der Waals surface area contributed by atoms with E-state index in [0.29, 0.717) is 6.04 Å². The minimum absolute atomic E-state index is 0.0723. The normalized spacial score (nSPS) is 38.8. The van der Waals surface area contributed by atoms with Crippen LogP contribution in [0, 0.1) is 5.92 Å². The summed E-state index contributed by atoms with van der Waals surface area (Å²) in [7, 11) is 0. The highest BCUT2D eigenvalue weighted by Crippen LogP contribution is 2.29. The number of rotatable bonds is 1. The zero-order valence-electron chi connectivity index (χ0n) is 7.63. The molecule has 1 aliphatic heterocycles. The monoisotopic (exact) mass is 169 g/mol. The Morgan fingerprint density at radius 2 is 1.83 bits per heavy atom. The van der Waals surface area contributed by atoms with Gasteiger partial charge >= 0.3 is 0 Å². The molecule has 0 spiro atoms. The zero-order valence-corrected chi connectivity index (χ0v) is 7.63. The summed E-state index contributed by atoms with van der Waals surface area (Å²) in [5.41, 5.74) is 0. The fraction of sp³-hybridized carbons (Fsp3) is 1.00. The van der Waals surface area contributed by atoms with Crippen LogP contribution in [0.15, 0.2) is 0 Å². The predicted molar refractivity (Wildman–Crippen MR) is 49.0 cm³/mol. The molecule has 0 radical (unpaired) electrons. The molecule has 1 heterocycles. The van der Waals surface area contributed by atoms with Crippen molar-refractivity contribution in [1.29, 1.82) is 0 Å². The van der Waals surface area contributed by atoms with Crippen LogP contribution in [0.5, 0.6) is 0 Å². The molecule has 0 unspecified atom stereocenters. The molecule has 12 heavy (non-hydrogen) atoms. The molecule has 2 fully saturated rings. The van der Waals surface area contributed by atoms with Crippen LogP contribution < -0.4 is 5.32 Å². The number of hydrogen-bond acceptors (Lipinski definition) is 2. The molecule has 1 aliphatic carbocycles. The second kappa shape index (κ2) is 3.75. The van der Waals surface area contributed by atoms with Crippen LogP contribution in [-0.4, -0.2) is 23.8 Å². The van der Waals surface area contributed by atoms with Gasteiger partial charge in [0.1, 0.15) is 0 Å². The van der Waals surface area contributed by atoms with Gasteiger partial charge in [-0.3, -0.25) is 0 Å². The predicted octanol–water partition coefficient (Wildman–Crippen LogP) is 1.29. The van der Waals surface area contributed by atoms with Crippen molar-refractivity contribution in [2.75, 3.05) is 6.54 Å². The van der Waals surface area contributed by atoms with Gasteiger partial charge in [0, 0.05) is 12.6 Å². The highest BCUT2D eigenvalue weighted by molar-refractivity contribution is 4.87. The van der Waals surface area contributed by atoms with E-state index in [0.717, 1.165) is 18.9 Å². The van der Waals surface area contributed by atoms with Crippen LogP contribution in [0.2, 0.25) is 0 Å². The van der Waals surface area contributed by atoms with Crippen LogP contribution in [0.3, 0.4) is 0 Å². The largest absolute Gasteiger partial charge is 0.392 e. The Kier molecular flexibility index (Phi) is 2.66. The van der Waals surface area contributed by atoms with Crippen molar-refractivity contribution < 1.29 is 5.11 Å². The number of β-amino-alcohol motifs (C(OH)–C–C–N with tert-alkyl or cyclic N) is 1. The highest BCUT2D eigenvalue weighted by atomic mass is 16.3.